The molecule has 0 N–H and O–H groups in total. The molecule has 0 atom stereocenters. The molecule has 20 heavy (non-hydrogen) atoms. The highest BCUT2D eigenvalue weighted by Gasteiger charge is 2.28. The average molecular weight is 299 g/mol. The third kappa shape index (κ3) is 4.14. The van der Waals surface area contributed by atoms with Gasteiger partial charge < -0.3 is 4.74 Å². The normalized spacial score (nSPS) is 18.1. The summed E-state index contributed by atoms with van der Waals surface area (Å²) in [6, 6.07) is 1.71. The maximum absolute atomic E-state index is 12.1. The number of hydrogen-bond acceptors (Lipinski definition) is 5. The van der Waals surface area contributed by atoms with Gasteiger partial charge in [-0.1, -0.05) is 13.3 Å². The smallest absolute Gasteiger partial charge is 0.216 e. The monoisotopic (exact) mass is 299 g/mol. The molecule has 0 bridgehead atoms. The van der Waals surface area contributed by atoms with Crippen LogP contribution in [0.15, 0.2) is 18.6 Å². The number of rotatable bonds is 6. The van der Waals surface area contributed by atoms with Crippen molar-refractivity contribution in [3.8, 4) is 5.88 Å². The van der Waals surface area contributed by atoms with Crippen LogP contribution in [-0.4, -0.2) is 47.6 Å². The lowest BCUT2D eigenvalue weighted by Gasteiger charge is -2.31. The van der Waals surface area contributed by atoms with Gasteiger partial charge in [-0.15, -0.1) is 0 Å². The topological polar surface area (TPSA) is 72.4 Å². The molecule has 6 nitrogen and oxygen atoms in total. The first-order chi connectivity index (χ1) is 9.62. The molecule has 0 aliphatic carbocycles. The number of nitrogens with zero attached hydrogens (tertiary/aromatic N) is 3. The third-order valence-corrected chi connectivity index (χ3v) is 5.35. The summed E-state index contributed by atoms with van der Waals surface area (Å²) in [6.07, 6.45) is 6.13. The van der Waals surface area contributed by atoms with E-state index < -0.39 is 10.0 Å². The first-order valence-corrected chi connectivity index (χ1v) is 8.63. The third-order valence-electron chi connectivity index (χ3n) is 3.39. The average Bonchev–Trinajstić information content (AvgIpc) is 2.47. The summed E-state index contributed by atoms with van der Waals surface area (Å²) >= 11 is 0. The number of ether oxygens (including phenoxy) is 1. The molecule has 0 amide bonds. The second kappa shape index (κ2) is 6.99. The van der Waals surface area contributed by atoms with E-state index >= 15 is 0 Å². The molecule has 0 spiro atoms. The molecule has 0 radical (unpaired) electrons. The SMILES string of the molecule is CCCCS(=O)(=O)N1CCC(Oc2ccncn2)CC1. The number of aromatic nitrogens is 2. The second-order valence-electron chi connectivity index (χ2n) is 4.93. The van der Waals surface area contributed by atoms with Crippen molar-refractivity contribution in [2.75, 3.05) is 18.8 Å². The Morgan fingerprint density at radius 3 is 2.75 bits per heavy atom. The van der Waals surface area contributed by atoms with Crippen molar-refractivity contribution in [1.82, 2.24) is 14.3 Å². The molecule has 1 aromatic heterocycles. The van der Waals surface area contributed by atoms with E-state index in [1.54, 1.807) is 16.6 Å². The number of sulfonamides is 1. The van der Waals surface area contributed by atoms with Crippen LogP contribution in [0.3, 0.4) is 0 Å². The van der Waals surface area contributed by atoms with Crippen LogP contribution < -0.4 is 4.74 Å². The van der Waals surface area contributed by atoms with Crippen LogP contribution in [-0.2, 0) is 10.0 Å². The summed E-state index contributed by atoms with van der Waals surface area (Å²) in [4.78, 5) is 7.85. The fraction of sp³-hybridized carbons (Fsp3) is 0.692. The minimum absolute atomic E-state index is 0.0301. The van der Waals surface area contributed by atoms with Gasteiger partial charge in [-0.3, -0.25) is 0 Å². The van der Waals surface area contributed by atoms with Crippen LogP contribution in [0.5, 0.6) is 5.88 Å². The van der Waals surface area contributed by atoms with E-state index in [1.165, 1.54) is 6.33 Å². The van der Waals surface area contributed by atoms with Gasteiger partial charge >= 0.3 is 0 Å². The summed E-state index contributed by atoms with van der Waals surface area (Å²) in [5.41, 5.74) is 0. The standard InChI is InChI=1S/C13H21N3O3S/c1-2-3-10-20(17,18)16-8-5-12(6-9-16)19-13-4-7-14-11-15-13/h4,7,11-12H,2-3,5-6,8-10H2,1H3. The molecule has 0 aromatic carbocycles. The Morgan fingerprint density at radius 1 is 1.40 bits per heavy atom. The zero-order chi connectivity index (χ0) is 14.4. The van der Waals surface area contributed by atoms with E-state index in [0.29, 0.717) is 31.8 Å². The molecule has 0 unspecified atom stereocenters. The van der Waals surface area contributed by atoms with Crippen LogP contribution >= 0.6 is 0 Å². The molecular formula is C13H21N3O3S. The fourth-order valence-corrected chi connectivity index (χ4v) is 3.88. The van der Waals surface area contributed by atoms with E-state index in [0.717, 1.165) is 12.8 Å². The summed E-state index contributed by atoms with van der Waals surface area (Å²) < 4.78 is 31.5. The van der Waals surface area contributed by atoms with Crippen LogP contribution in [0.25, 0.3) is 0 Å². The summed E-state index contributed by atoms with van der Waals surface area (Å²) in [5.74, 6) is 0.799. The molecule has 7 heteroatoms. The lowest BCUT2D eigenvalue weighted by atomic mass is 10.1. The van der Waals surface area contributed by atoms with Gasteiger partial charge in [0.1, 0.15) is 12.4 Å². The molecule has 1 aliphatic heterocycles. The predicted octanol–water partition coefficient (Wildman–Crippen LogP) is 1.45. The number of unbranched alkanes of at least 4 members (excludes halogenated alkanes) is 1. The van der Waals surface area contributed by atoms with Gasteiger partial charge in [-0.05, 0) is 19.3 Å². The number of piperidine rings is 1. The Labute approximate surface area is 120 Å². The molecule has 1 aromatic rings. The van der Waals surface area contributed by atoms with E-state index in [9.17, 15) is 8.42 Å². The van der Waals surface area contributed by atoms with Crippen LogP contribution in [0, 0.1) is 0 Å². The van der Waals surface area contributed by atoms with Crippen molar-refractivity contribution in [3.05, 3.63) is 18.6 Å². The van der Waals surface area contributed by atoms with Gasteiger partial charge in [0.2, 0.25) is 15.9 Å². The Balaban J connectivity index is 1.83. The van der Waals surface area contributed by atoms with E-state index in [-0.39, 0.29) is 11.9 Å². The van der Waals surface area contributed by atoms with Gasteiger partial charge in [0.05, 0.1) is 5.75 Å². The zero-order valence-corrected chi connectivity index (χ0v) is 12.6. The summed E-state index contributed by atoms with van der Waals surface area (Å²) in [6.45, 7) is 3.06. The van der Waals surface area contributed by atoms with Crippen molar-refractivity contribution in [2.45, 2.75) is 38.7 Å². The first-order valence-electron chi connectivity index (χ1n) is 7.02. The van der Waals surface area contributed by atoms with E-state index in [1.807, 2.05) is 6.92 Å². The molecular weight excluding hydrogens is 278 g/mol. The summed E-state index contributed by atoms with van der Waals surface area (Å²) in [5, 5.41) is 0. The van der Waals surface area contributed by atoms with Gasteiger partial charge in [0, 0.05) is 25.4 Å². The largest absolute Gasteiger partial charge is 0.474 e. The highest BCUT2D eigenvalue weighted by molar-refractivity contribution is 7.89. The van der Waals surface area contributed by atoms with Crippen molar-refractivity contribution in [2.24, 2.45) is 0 Å². The van der Waals surface area contributed by atoms with Gasteiger partial charge in [-0.2, -0.15) is 0 Å². The second-order valence-corrected chi connectivity index (χ2v) is 7.02. The molecule has 1 saturated heterocycles. The minimum Gasteiger partial charge on any atom is -0.474 e. The van der Waals surface area contributed by atoms with Gasteiger partial charge in [-0.25, -0.2) is 22.7 Å². The molecule has 0 saturated carbocycles. The maximum atomic E-state index is 12.1. The molecule has 1 fully saturated rings. The summed E-state index contributed by atoms with van der Waals surface area (Å²) in [7, 11) is -3.09. The molecule has 1 aliphatic rings. The Morgan fingerprint density at radius 2 is 2.15 bits per heavy atom. The first kappa shape index (κ1) is 15.2. The van der Waals surface area contributed by atoms with E-state index in [2.05, 4.69) is 9.97 Å². The Hall–Kier alpha value is -1.21. The lowest BCUT2D eigenvalue weighted by molar-refractivity contribution is 0.129. The minimum atomic E-state index is -3.09. The van der Waals surface area contributed by atoms with Crippen LogP contribution in [0.4, 0.5) is 0 Å². The maximum Gasteiger partial charge on any atom is 0.216 e. The zero-order valence-electron chi connectivity index (χ0n) is 11.7. The van der Waals surface area contributed by atoms with Crippen molar-refractivity contribution < 1.29 is 13.2 Å². The lowest BCUT2D eigenvalue weighted by Crippen LogP contribution is -2.42. The van der Waals surface area contributed by atoms with E-state index in [4.69, 9.17) is 4.74 Å². The highest BCUT2D eigenvalue weighted by atomic mass is 32.2. The quantitative estimate of drug-likeness (QED) is 0.795. The van der Waals surface area contributed by atoms with Gasteiger partial charge in [0.25, 0.3) is 0 Å². The van der Waals surface area contributed by atoms with Crippen LogP contribution in [0.1, 0.15) is 32.6 Å². The highest BCUT2D eigenvalue weighted by Crippen LogP contribution is 2.19. The fourth-order valence-electron chi connectivity index (χ4n) is 2.20. The van der Waals surface area contributed by atoms with Gasteiger partial charge in [0.15, 0.2) is 0 Å². The molecule has 2 heterocycles. The molecule has 2 rings (SSSR count). The molecule has 112 valence electrons. The van der Waals surface area contributed by atoms with Crippen LogP contribution in [0.2, 0.25) is 0 Å². The van der Waals surface area contributed by atoms with Crippen molar-refractivity contribution >= 4 is 10.0 Å². The predicted molar refractivity (Wildman–Crippen MR) is 75.9 cm³/mol. The van der Waals surface area contributed by atoms with Crippen molar-refractivity contribution in [3.63, 3.8) is 0 Å². The number of hydrogen-bond donors (Lipinski definition) is 0. The van der Waals surface area contributed by atoms with Crippen molar-refractivity contribution in [1.29, 1.82) is 0 Å². The Kier molecular flexibility index (Phi) is 5.31. The Bertz CT molecular complexity index is 499.